The van der Waals surface area contributed by atoms with Gasteiger partial charge < -0.3 is 19.7 Å². The summed E-state index contributed by atoms with van der Waals surface area (Å²) in [5.41, 5.74) is 1.25. The molecule has 2 saturated heterocycles. The number of nitrogens with zero attached hydrogens (tertiary/aromatic N) is 4. The smallest absolute Gasteiger partial charge is 0.341 e. The number of ether oxygens (including phenoxy) is 2. The van der Waals surface area contributed by atoms with Gasteiger partial charge in [-0.2, -0.15) is 0 Å². The van der Waals surface area contributed by atoms with Crippen LogP contribution < -0.4 is 10.2 Å². The summed E-state index contributed by atoms with van der Waals surface area (Å²) in [5, 5.41) is 12.9. The Hall–Kier alpha value is -2.11. The highest BCUT2D eigenvalue weighted by Crippen LogP contribution is 2.33. The minimum Gasteiger partial charge on any atom is -0.465 e. The van der Waals surface area contributed by atoms with Crippen LogP contribution in [0.4, 0.5) is 10.9 Å². The minimum atomic E-state index is -0.443. The maximum Gasteiger partial charge on any atom is 0.341 e. The molecule has 2 aromatic rings. The molecule has 2 aromatic heterocycles. The fourth-order valence-corrected chi connectivity index (χ4v) is 5.85. The Balaban J connectivity index is 1.46. The molecule has 4 heterocycles. The van der Waals surface area contributed by atoms with E-state index in [-0.39, 0.29) is 17.8 Å². The molecule has 1 amide bonds. The van der Waals surface area contributed by atoms with Gasteiger partial charge in [-0.05, 0) is 45.1 Å². The van der Waals surface area contributed by atoms with Gasteiger partial charge in [0, 0.05) is 24.6 Å². The van der Waals surface area contributed by atoms with Gasteiger partial charge in [-0.25, -0.2) is 4.79 Å². The van der Waals surface area contributed by atoms with Crippen LogP contribution >= 0.6 is 23.1 Å². The lowest BCUT2D eigenvalue weighted by Gasteiger charge is -2.20. The van der Waals surface area contributed by atoms with Crippen LogP contribution in [0.3, 0.4) is 0 Å². The lowest BCUT2D eigenvalue weighted by atomic mass is 10.1. The van der Waals surface area contributed by atoms with Crippen molar-refractivity contribution >= 4 is 45.9 Å². The Kier molecular flexibility index (Phi) is 7.37. The van der Waals surface area contributed by atoms with Gasteiger partial charge in [0.15, 0.2) is 5.16 Å². The molecular weight excluding hydrogens is 450 g/mol. The average molecular weight is 480 g/mol. The number of carbonyl (C=O) groups is 2. The molecule has 2 aliphatic heterocycles. The Morgan fingerprint density at radius 2 is 2.03 bits per heavy atom. The number of esters is 1. The van der Waals surface area contributed by atoms with Crippen molar-refractivity contribution in [3.05, 3.63) is 16.0 Å². The van der Waals surface area contributed by atoms with Crippen LogP contribution in [0.2, 0.25) is 0 Å². The number of aromatic nitrogens is 3. The number of aryl methyl sites for hydroxylation is 1. The number of hydrogen-bond acceptors (Lipinski definition) is 9. The molecule has 1 unspecified atom stereocenters. The quantitative estimate of drug-likeness (QED) is 0.455. The largest absolute Gasteiger partial charge is 0.465 e. The van der Waals surface area contributed by atoms with Gasteiger partial charge in [-0.15, -0.1) is 21.5 Å². The topological polar surface area (TPSA) is 98.6 Å². The molecule has 2 fully saturated rings. The van der Waals surface area contributed by atoms with Crippen molar-refractivity contribution in [3.63, 3.8) is 0 Å². The maximum atomic E-state index is 12.7. The third-order valence-corrected chi connectivity index (χ3v) is 7.95. The van der Waals surface area contributed by atoms with Gasteiger partial charge in [0.05, 0.1) is 31.1 Å². The van der Waals surface area contributed by atoms with E-state index in [1.165, 1.54) is 30.2 Å². The van der Waals surface area contributed by atoms with Gasteiger partial charge >= 0.3 is 5.97 Å². The third kappa shape index (κ3) is 4.94. The highest BCUT2D eigenvalue weighted by molar-refractivity contribution is 7.99. The maximum absolute atomic E-state index is 12.7. The number of methoxy groups -OCH3 is 1. The summed E-state index contributed by atoms with van der Waals surface area (Å²) < 4.78 is 12.8. The van der Waals surface area contributed by atoms with E-state index < -0.39 is 5.97 Å². The SMILES string of the molecule is COC(=O)c1c(NC(=O)CSc2nnc(N3CCCC3)n2CC2CCCO2)sc(C)c1C. The van der Waals surface area contributed by atoms with Gasteiger partial charge in [0.2, 0.25) is 11.9 Å². The summed E-state index contributed by atoms with van der Waals surface area (Å²) in [6.45, 7) is 7.21. The zero-order valence-electron chi connectivity index (χ0n) is 18.7. The van der Waals surface area contributed by atoms with Gasteiger partial charge in [-0.1, -0.05) is 11.8 Å². The second kappa shape index (κ2) is 10.2. The van der Waals surface area contributed by atoms with Crippen molar-refractivity contribution in [2.75, 3.05) is 42.8 Å². The van der Waals surface area contributed by atoms with Crippen molar-refractivity contribution in [2.45, 2.75) is 57.3 Å². The van der Waals surface area contributed by atoms with E-state index >= 15 is 0 Å². The first-order valence-electron chi connectivity index (χ1n) is 10.9. The first-order valence-corrected chi connectivity index (χ1v) is 12.7. The van der Waals surface area contributed by atoms with Crippen molar-refractivity contribution in [2.24, 2.45) is 0 Å². The van der Waals surface area contributed by atoms with Crippen LogP contribution in [0.15, 0.2) is 5.16 Å². The number of carbonyl (C=O) groups excluding carboxylic acids is 2. The molecule has 11 heteroatoms. The summed E-state index contributed by atoms with van der Waals surface area (Å²) in [5.74, 6) is 0.385. The summed E-state index contributed by atoms with van der Waals surface area (Å²) in [4.78, 5) is 28.1. The Bertz CT molecular complexity index is 977. The van der Waals surface area contributed by atoms with Crippen molar-refractivity contribution in [3.8, 4) is 0 Å². The molecular formula is C21H29N5O4S2. The zero-order valence-corrected chi connectivity index (χ0v) is 20.3. The van der Waals surface area contributed by atoms with E-state index in [0.717, 1.165) is 61.8 Å². The normalized spacial score (nSPS) is 18.3. The van der Waals surface area contributed by atoms with E-state index in [9.17, 15) is 9.59 Å². The molecule has 0 saturated carbocycles. The second-order valence-electron chi connectivity index (χ2n) is 8.04. The van der Waals surface area contributed by atoms with E-state index in [0.29, 0.717) is 22.3 Å². The van der Waals surface area contributed by atoms with Crippen LogP contribution in [0.25, 0.3) is 0 Å². The second-order valence-corrected chi connectivity index (χ2v) is 10.2. The van der Waals surface area contributed by atoms with Crippen molar-refractivity contribution in [1.29, 1.82) is 0 Å². The number of nitrogens with one attached hydrogen (secondary N) is 1. The Morgan fingerprint density at radius 3 is 2.72 bits per heavy atom. The highest BCUT2D eigenvalue weighted by atomic mass is 32.2. The van der Waals surface area contributed by atoms with E-state index in [1.807, 2.05) is 13.8 Å². The van der Waals surface area contributed by atoms with Crippen LogP contribution in [-0.2, 0) is 20.8 Å². The number of thiophene rings is 1. The van der Waals surface area contributed by atoms with Crippen LogP contribution in [-0.4, -0.2) is 65.3 Å². The molecule has 9 nitrogen and oxygen atoms in total. The Morgan fingerprint density at radius 1 is 1.25 bits per heavy atom. The number of anilines is 2. The molecule has 0 aromatic carbocycles. The lowest BCUT2D eigenvalue weighted by molar-refractivity contribution is -0.113. The fourth-order valence-electron chi connectivity index (χ4n) is 4.05. The molecule has 0 bridgehead atoms. The van der Waals surface area contributed by atoms with Crippen LogP contribution in [0, 0.1) is 13.8 Å². The molecule has 4 rings (SSSR count). The van der Waals surface area contributed by atoms with E-state index in [1.54, 1.807) is 0 Å². The molecule has 2 aliphatic rings. The lowest BCUT2D eigenvalue weighted by Crippen LogP contribution is -2.25. The molecule has 0 aliphatic carbocycles. The minimum absolute atomic E-state index is 0.153. The van der Waals surface area contributed by atoms with E-state index in [2.05, 4.69) is 25.0 Å². The molecule has 32 heavy (non-hydrogen) atoms. The zero-order chi connectivity index (χ0) is 22.7. The number of hydrogen-bond donors (Lipinski definition) is 1. The summed E-state index contributed by atoms with van der Waals surface area (Å²) in [6.07, 6.45) is 4.55. The van der Waals surface area contributed by atoms with Gasteiger partial charge in [0.25, 0.3) is 0 Å². The predicted octanol–water partition coefficient (Wildman–Crippen LogP) is 3.25. The Labute approximate surface area is 195 Å². The highest BCUT2D eigenvalue weighted by Gasteiger charge is 2.26. The standard InChI is InChI=1S/C21H29N5O4S2/c1-13-14(2)32-18(17(13)19(28)29-3)22-16(27)12-31-21-24-23-20(25-8-4-5-9-25)26(21)11-15-7-6-10-30-15/h15H,4-12H2,1-3H3,(H,22,27). The fraction of sp³-hybridized carbons (Fsp3) is 0.619. The molecule has 0 radical (unpaired) electrons. The molecule has 1 N–H and O–H groups in total. The number of rotatable bonds is 8. The monoisotopic (exact) mass is 479 g/mol. The molecule has 174 valence electrons. The third-order valence-electron chi connectivity index (χ3n) is 5.86. The summed E-state index contributed by atoms with van der Waals surface area (Å²) in [7, 11) is 1.34. The average Bonchev–Trinajstić information content (AvgIpc) is 3.56. The number of thioether (sulfide) groups is 1. The van der Waals surface area contributed by atoms with Gasteiger partial charge in [-0.3, -0.25) is 9.36 Å². The number of amides is 1. The first-order chi connectivity index (χ1) is 15.5. The van der Waals surface area contributed by atoms with Crippen molar-refractivity contribution in [1.82, 2.24) is 14.8 Å². The first kappa shape index (κ1) is 23.1. The van der Waals surface area contributed by atoms with Gasteiger partial charge in [0.1, 0.15) is 5.00 Å². The van der Waals surface area contributed by atoms with Crippen LogP contribution in [0.5, 0.6) is 0 Å². The summed E-state index contributed by atoms with van der Waals surface area (Å²) >= 11 is 2.73. The van der Waals surface area contributed by atoms with E-state index in [4.69, 9.17) is 9.47 Å². The predicted molar refractivity (Wildman–Crippen MR) is 125 cm³/mol. The van der Waals surface area contributed by atoms with Crippen molar-refractivity contribution < 1.29 is 19.1 Å². The van der Waals surface area contributed by atoms with Crippen LogP contribution in [0.1, 0.15) is 46.5 Å². The molecule has 0 spiro atoms. The summed E-state index contributed by atoms with van der Waals surface area (Å²) in [6, 6.07) is 0. The molecule has 1 atom stereocenters.